The highest BCUT2D eigenvalue weighted by Gasteiger charge is 2.31. The number of benzene rings is 2. The number of pyridine rings is 1. The third kappa shape index (κ3) is 6.39. The first-order chi connectivity index (χ1) is 17.6. The number of carbonyl (C=O) groups excluding carboxylic acids is 1. The molecule has 0 saturated carbocycles. The van der Waals surface area contributed by atoms with Crippen LogP contribution in [0.25, 0.3) is 11.1 Å². The van der Waals surface area contributed by atoms with Crippen LogP contribution in [0.4, 0.5) is 39.5 Å². The zero-order chi connectivity index (χ0) is 26.6. The SMILES string of the molecule is COc1cc(NC(=O)Nc2cnc(Oc3ccc(-c4cc(F)cnc4N)cc3)nc2)cc(C(F)(F)F)c1. The van der Waals surface area contributed by atoms with Crippen molar-refractivity contribution in [3.63, 3.8) is 0 Å². The quantitative estimate of drug-likeness (QED) is 0.281. The summed E-state index contributed by atoms with van der Waals surface area (Å²) in [5.41, 5.74) is 5.92. The molecule has 4 N–H and O–H groups in total. The van der Waals surface area contributed by atoms with E-state index in [0.717, 1.165) is 18.3 Å². The molecule has 0 aliphatic rings. The Morgan fingerprint density at radius 2 is 1.57 bits per heavy atom. The lowest BCUT2D eigenvalue weighted by Gasteiger charge is -2.13. The summed E-state index contributed by atoms with van der Waals surface area (Å²) in [5.74, 6) is -0.0322. The molecule has 0 spiro atoms. The number of hydrogen-bond acceptors (Lipinski definition) is 7. The van der Waals surface area contributed by atoms with Crippen LogP contribution in [0, 0.1) is 5.82 Å². The molecule has 4 rings (SSSR count). The van der Waals surface area contributed by atoms with Gasteiger partial charge in [-0.25, -0.2) is 24.1 Å². The van der Waals surface area contributed by atoms with E-state index in [-0.39, 0.29) is 29.0 Å². The lowest BCUT2D eigenvalue weighted by Crippen LogP contribution is -2.20. The van der Waals surface area contributed by atoms with E-state index in [9.17, 15) is 22.4 Å². The molecule has 190 valence electrons. The molecule has 2 aromatic heterocycles. The van der Waals surface area contributed by atoms with Crippen molar-refractivity contribution in [1.82, 2.24) is 15.0 Å². The number of amides is 2. The summed E-state index contributed by atoms with van der Waals surface area (Å²) in [5, 5.41) is 4.72. The molecule has 2 amide bonds. The van der Waals surface area contributed by atoms with Crippen LogP contribution in [0.1, 0.15) is 5.56 Å². The Balaban J connectivity index is 1.38. The van der Waals surface area contributed by atoms with Gasteiger partial charge < -0.3 is 25.8 Å². The Bertz CT molecular complexity index is 1410. The minimum atomic E-state index is -4.62. The fourth-order valence-corrected chi connectivity index (χ4v) is 3.17. The first-order valence-corrected chi connectivity index (χ1v) is 10.5. The highest BCUT2D eigenvalue weighted by Crippen LogP contribution is 2.34. The Morgan fingerprint density at radius 1 is 0.892 bits per heavy atom. The number of nitrogens with two attached hydrogens (primary N) is 1. The van der Waals surface area contributed by atoms with Gasteiger partial charge in [-0.3, -0.25) is 0 Å². The topological polar surface area (TPSA) is 124 Å². The number of halogens is 4. The number of aromatic nitrogens is 3. The molecule has 0 aliphatic heterocycles. The average molecular weight is 514 g/mol. The second kappa shape index (κ2) is 10.4. The first-order valence-electron chi connectivity index (χ1n) is 10.5. The number of nitrogens with one attached hydrogen (secondary N) is 2. The van der Waals surface area contributed by atoms with Crippen molar-refractivity contribution < 1.29 is 31.8 Å². The van der Waals surface area contributed by atoms with Crippen molar-refractivity contribution in [3.8, 4) is 28.6 Å². The molecule has 0 fully saturated rings. The van der Waals surface area contributed by atoms with E-state index in [2.05, 4.69) is 25.6 Å². The van der Waals surface area contributed by atoms with Gasteiger partial charge in [0.2, 0.25) is 0 Å². The lowest BCUT2D eigenvalue weighted by molar-refractivity contribution is -0.137. The van der Waals surface area contributed by atoms with Gasteiger partial charge in [0.1, 0.15) is 23.1 Å². The molecular formula is C24H18F4N6O3. The van der Waals surface area contributed by atoms with Gasteiger partial charge in [-0.15, -0.1) is 0 Å². The van der Waals surface area contributed by atoms with E-state index in [1.807, 2.05) is 0 Å². The summed E-state index contributed by atoms with van der Waals surface area (Å²) in [7, 11) is 1.21. The van der Waals surface area contributed by atoms with Crippen molar-refractivity contribution in [3.05, 3.63) is 78.5 Å². The summed E-state index contributed by atoms with van der Waals surface area (Å²) in [4.78, 5) is 24.0. The van der Waals surface area contributed by atoms with Crippen molar-refractivity contribution in [2.24, 2.45) is 0 Å². The van der Waals surface area contributed by atoms with Crippen LogP contribution < -0.4 is 25.8 Å². The minimum Gasteiger partial charge on any atom is -0.497 e. The Morgan fingerprint density at radius 3 is 2.22 bits per heavy atom. The van der Waals surface area contributed by atoms with Gasteiger partial charge in [0.15, 0.2) is 0 Å². The van der Waals surface area contributed by atoms with E-state index < -0.39 is 23.6 Å². The third-order valence-electron chi connectivity index (χ3n) is 4.87. The lowest BCUT2D eigenvalue weighted by atomic mass is 10.1. The number of nitrogens with zero attached hydrogens (tertiary/aromatic N) is 3. The number of nitrogen functional groups attached to an aromatic ring is 1. The fraction of sp³-hybridized carbons (Fsp3) is 0.0833. The van der Waals surface area contributed by atoms with Gasteiger partial charge in [-0.05, 0) is 35.9 Å². The van der Waals surface area contributed by atoms with Gasteiger partial charge in [0.05, 0.1) is 37.0 Å². The number of ether oxygens (including phenoxy) is 2. The van der Waals surface area contributed by atoms with Crippen molar-refractivity contribution in [1.29, 1.82) is 0 Å². The molecule has 0 saturated heterocycles. The molecule has 37 heavy (non-hydrogen) atoms. The highest BCUT2D eigenvalue weighted by atomic mass is 19.4. The summed E-state index contributed by atoms with van der Waals surface area (Å²) in [6, 6.07) is 9.78. The number of carbonyl (C=O) groups is 1. The monoisotopic (exact) mass is 514 g/mol. The summed E-state index contributed by atoms with van der Waals surface area (Å²) in [6.45, 7) is 0. The zero-order valence-corrected chi connectivity index (χ0v) is 19.0. The van der Waals surface area contributed by atoms with Gasteiger partial charge >= 0.3 is 18.2 Å². The molecule has 0 unspecified atom stereocenters. The molecule has 4 aromatic rings. The van der Waals surface area contributed by atoms with E-state index >= 15 is 0 Å². The Labute approximate surface area is 207 Å². The molecule has 0 bridgehead atoms. The Hall–Kier alpha value is -4.94. The highest BCUT2D eigenvalue weighted by molar-refractivity contribution is 5.99. The van der Waals surface area contributed by atoms with Crippen molar-refractivity contribution in [2.75, 3.05) is 23.5 Å². The van der Waals surface area contributed by atoms with Gasteiger partial charge in [0, 0.05) is 17.3 Å². The number of anilines is 3. The zero-order valence-electron chi connectivity index (χ0n) is 19.0. The minimum absolute atomic E-state index is 0.0340. The second-order valence-corrected chi connectivity index (χ2v) is 7.49. The number of methoxy groups -OCH3 is 1. The maximum Gasteiger partial charge on any atom is 0.416 e. The summed E-state index contributed by atoms with van der Waals surface area (Å²) < 4.78 is 63.1. The maximum absolute atomic E-state index is 13.5. The van der Waals surface area contributed by atoms with Crippen LogP contribution in [0.5, 0.6) is 17.5 Å². The van der Waals surface area contributed by atoms with Crippen LogP contribution in [0.3, 0.4) is 0 Å². The van der Waals surface area contributed by atoms with Crippen molar-refractivity contribution >= 4 is 23.2 Å². The Kier molecular flexibility index (Phi) is 7.04. The van der Waals surface area contributed by atoms with Crippen LogP contribution in [-0.2, 0) is 6.18 Å². The van der Waals surface area contributed by atoms with Crippen LogP contribution >= 0.6 is 0 Å². The number of urea groups is 1. The predicted molar refractivity (Wildman–Crippen MR) is 127 cm³/mol. The van der Waals surface area contributed by atoms with Crippen LogP contribution in [-0.4, -0.2) is 28.1 Å². The second-order valence-electron chi connectivity index (χ2n) is 7.49. The van der Waals surface area contributed by atoms with Crippen molar-refractivity contribution in [2.45, 2.75) is 6.18 Å². The van der Waals surface area contributed by atoms with Gasteiger partial charge in [0.25, 0.3) is 0 Å². The summed E-state index contributed by atoms with van der Waals surface area (Å²) in [6.07, 6.45) is -1.09. The molecule has 0 atom stereocenters. The van der Waals surface area contributed by atoms with Gasteiger partial charge in [-0.2, -0.15) is 13.2 Å². The molecule has 0 radical (unpaired) electrons. The third-order valence-corrected chi connectivity index (χ3v) is 4.87. The largest absolute Gasteiger partial charge is 0.497 e. The smallest absolute Gasteiger partial charge is 0.416 e. The molecule has 2 aromatic carbocycles. The number of alkyl halides is 3. The van der Waals surface area contributed by atoms with E-state index in [1.165, 1.54) is 31.6 Å². The van der Waals surface area contributed by atoms with E-state index in [0.29, 0.717) is 16.9 Å². The normalized spacial score (nSPS) is 11.1. The standard InChI is InChI=1S/C24H18F4N6O3/c1-36-19-7-14(24(26,27)28)6-16(9-19)33-22(35)34-17-11-31-23(32-12-17)37-18-4-2-13(3-5-18)20-8-15(25)10-30-21(20)29/h2-12H,1H3,(H2,29,30)(H2,33,34,35). The van der Waals surface area contributed by atoms with Crippen LogP contribution in [0.15, 0.2) is 67.1 Å². The van der Waals surface area contributed by atoms with Crippen LogP contribution in [0.2, 0.25) is 0 Å². The molecule has 2 heterocycles. The average Bonchev–Trinajstić information content (AvgIpc) is 2.86. The van der Waals surface area contributed by atoms with Gasteiger partial charge in [-0.1, -0.05) is 12.1 Å². The molecule has 0 aliphatic carbocycles. The number of hydrogen-bond donors (Lipinski definition) is 3. The number of rotatable bonds is 6. The molecule has 13 heteroatoms. The molecule has 9 nitrogen and oxygen atoms in total. The van der Waals surface area contributed by atoms with E-state index in [1.54, 1.807) is 24.3 Å². The molecular weight excluding hydrogens is 496 g/mol. The van der Waals surface area contributed by atoms with E-state index in [4.69, 9.17) is 15.2 Å². The summed E-state index contributed by atoms with van der Waals surface area (Å²) >= 11 is 0. The first kappa shape index (κ1) is 25.2. The maximum atomic E-state index is 13.5. The fourth-order valence-electron chi connectivity index (χ4n) is 3.17. The predicted octanol–water partition coefficient (Wildman–Crippen LogP) is 5.72.